The van der Waals surface area contributed by atoms with Gasteiger partial charge in [-0.1, -0.05) is 61.0 Å². The molecule has 0 saturated heterocycles. The maximum atomic E-state index is 14.0. The molecule has 0 spiro atoms. The van der Waals surface area contributed by atoms with E-state index in [4.69, 9.17) is 9.57 Å². The molecule has 122 valence electrons. The highest BCUT2D eigenvalue weighted by Crippen LogP contribution is 2.15. The Hall–Kier alpha value is -2.20. The highest BCUT2D eigenvalue weighted by Gasteiger charge is 2.09. The number of nitrogens with zero attached hydrogens (tertiary/aromatic N) is 1. The van der Waals surface area contributed by atoms with Crippen LogP contribution in [0.4, 0.5) is 4.39 Å². The van der Waals surface area contributed by atoms with E-state index in [1.165, 1.54) is 6.07 Å². The zero-order valence-corrected chi connectivity index (χ0v) is 13.6. The monoisotopic (exact) mass is 315 g/mol. The minimum Gasteiger partial charge on any atom is -0.391 e. The molecule has 4 heteroatoms. The smallest absolute Gasteiger partial charge is 0.142 e. The van der Waals surface area contributed by atoms with Gasteiger partial charge in [-0.15, -0.1) is 0 Å². The lowest BCUT2D eigenvalue weighted by Gasteiger charge is -2.08. The molecule has 23 heavy (non-hydrogen) atoms. The Morgan fingerprint density at radius 2 is 1.87 bits per heavy atom. The van der Waals surface area contributed by atoms with Crippen LogP contribution in [0.1, 0.15) is 36.5 Å². The summed E-state index contributed by atoms with van der Waals surface area (Å²) in [6, 6.07) is 14.9. The summed E-state index contributed by atoms with van der Waals surface area (Å²) in [5, 5.41) is 4.21. The molecule has 0 bridgehead atoms. The van der Waals surface area contributed by atoms with E-state index in [0.29, 0.717) is 12.2 Å². The largest absolute Gasteiger partial charge is 0.391 e. The maximum absolute atomic E-state index is 14.0. The van der Waals surface area contributed by atoms with Gasteiger partial charge in [0.1, 0.15) is 12.4 Å². The summed E-state index contributed by atoms with van der Waals surface area (Å²) < 4.78 is 19.0. The van der Waals surface area contributed by atoms with Crippen molar-refractivity contribution in [1.29, 1.82) is 0 Å². The molecule has 0 N–H and O–H groups in total. The van der Waals surface area contributed by atoms with E-state index in [2.05, 4.69) is 12.1 Å². The predicted octanol–water partition coefficient (Wildman–Crippen LogP) is 4.69. The number of halogens is 1. The molecule has 0 unspecified atom stereocenters. The normalized spacial score (nSPS) is 11.5. The van der Waals surface area contributed by atoms with Crippen LogP contribution in [0.15, 0.2) is 53.7 Å². The van der Waals surface area contributed by atoms with Crippen molar-refractivity contribution in [2.24, 2.45) is 5.16 Å². The predicted molar refractivity (Wildman–Crippen MR) is 89.8 cm³/mol. The molecule has 2 aromatic carbocycles. The highest BCUT2D eigenvalue weighted by molar-refractivity contribution is 6.00. The Morgan fingerprint density at radius 1 is 1.09 bits per heavy atom. The van der Waals surface area contributed by atoms with Crippen LogP contribution in [-0.4, -0.2) is 12.8 Å². The second-order valence-corrected chi connectivity index (χ2v) is 5.29. The van der Waals surface area contributed by atoms with Crippen molar-refractivity contribution in [3.05, 3.63) is 71.0 Å². The molecule has 0 atom stereocenters. The van der Waals surface area contributed by atoms with Gasteiger partial charge in [0.25, 0.3) is 0 Å². The minimum absolute atomic E-state index is 0.261. The standard InChI is InChI=1S/C19H22FNO2/c1-3-7-19(21-23-13-15-8-5-4-6-9-15)16-10-11-17(14-22-2)18(20)12-16/h4-6,8-12H,3,7,13-14H2,1-2H3/b21-19+. The van der Waals surface area contributed by atoms with E-state index in [-0.39, 0.29) is 12.4 Å². The Labute approximate surface area is 136 Å². The molecule has 0 aromatic heterocycles. The van der Waals surface area contributed by atoms with E-state index >= 15 is 0 Å². The number of oxime groups is 1. The lowest BCUT2D eigenvalue weighted by Crippen LogP contribution is -2.04. The summed E-state index contributed by atoms with van der Waals surface area (Å²) in [6.07, 6.45) is 1.65. The number of rotatable bonds is 8. The third-order valence-corrected chi connectivity index (χ3v) is 3.42. The molecule has 0 amide bonds. The highest BCUT2D eigenvalue weighted by atomic mass is 19.1. The third-order valence-electron chi connectivity index (χ3n) is 3.42. The van der Waals surface area contributed by atoms with Crippen molar-refractivity contribution >= 4 is 5.71 Å². The Morgan fingerprint density at radius 3 is 2.52 bits per heavy atom. The van der Waals surface area contributed by atoms with Gasteiger partial charge in [0.2, 0.25) is 0 Å². The molecule has 3 nitrogen and oxygen atoms in total. The van der Waals surface area contributed by atoms with E-state index in [1.54, 1.807) is 13.2 Å². The van der Waals surface area contributed by atoms with Crippen LogP contribution in [0.5, 0.6) is 0 Å². The summed E-state index contributed by atoms with van der Waals surface area (Å²) in [5.74, 6) is -0.281. The van der Waals surface area contributed by atoms with Crippen molar-refractivity contribution in [3.63, 3.8) is 0 Å². The quantitative estimate of drug-likeness (QED) is 0.522. The van der Waals surface area contributed by atoms with Crippen LogP contribution in [0.2, 0.25) is 0 Å². The van der Waals surface area contributed by atoms with Gasteiger partial charge in [0, 0.05) is 18.2 Å². The first-order valence-electron chi connectivity index (χ1n) is 7.75. The first-order chi connectivity index (χ1) is 11.2. The first kappa shape index (κ1) is 17.2. The fourth-order valence-corrected chi connectivity index (χ4v) is 2.24. The number of hydrogen-bond acceptors (Lipinski definition) is 3. The number of hydrogen-bond donors (Lipinski definition) is 0. The Bertz CT molecular complexity index is 641. The van der Waals surface area contributed by atoms with Crippen molar-refractivity contribution in [2.75, 3.05) is 7.11 Å². The molecule has 0 aliphatic rings. The van der Waals surface area contributed by atoms with Gasteiger partial charge >= 0.3 is 0 Å². The van der Waals surface area contributed by atoms with Crippen LogP contribution in [0.25, 0.3) is 0 Å². The van der Waals surface area contributed by atoms with Crippen LogP contribution in [0, 0.1) is 5.82 Å². The van der Waals surface area contributed by atoms with E-state index < -0.39 is 0 Å². The van der Waals surface area contributed by atoms with Crippen molar-refractivity contribution in [2.45, 2.75) is 33.0 Å². The van der Waals surface area contributed by atoms with Gasteiger partial charge in [0.15, 0.2) is 0 Å². The van der Waals surface area contributed by atoms with Gasteiger partial charge in [-0.05, 0) is 18.1 Å². The fraction of sp³-hybridized carbons (Fsp3) is 0.316. The third kappa shape index (κ3) is 5.18. The van der Waals surface area contributed by atoms with Gasteiger partial charge in [0.05, 0.1) is 12.3 Å². The SMILES string of the molecule is CCC/C(=N\OCc1ccccc1)c1ccc(COC)c(F)c1. The Balaban J connectivity index is 2.10. The van der Waals surface area contributed by atoms with Gasteiger partial charge < -0.3 is 9.57 Å². The summed E-state index contributed by atoms with van der Waals surface area (Å²) in [7, 11) is 1.55. The van der Waals surface area contributed by atoms with Crippen LogP contribution in [0.3, 0.4) is 0 Å². The molecule has 0 aliphatic heterocycles. The van der Waals surface area contributed by atoms with Crippen LogP contribution in [-0.2, 0) is 22.8 Å². The van der Waals surface area contributed by atoms with Crippen LogP contribution < -0.4 is 0 Å². The van der Waals surface area contributed by atoms with Gasteiger partial charge in [-0.2, -0.15) is 0 Å². The lowest BCUT2D eigenvalue weighted by molar-refractivity contribution is 0.130. The molecular weight excluding hydrogens is 293 g/mol. The van der Waals surface area contributed by atoms with Crippen molar-refractivity contribution < 1.29 is 14.0 Å². The summed E-state index contributed by atoms with van der Waals surface area (Å²) in [6.45, 7) is 2.72. The zero-order valence-electron chi connectivity index (χ0n) is 13.6. The van der Waals surface area contributed by atoms with Crippen LogP contribution >= 0.6 is 0 Å². The van der Waals surface area contributed by atoms with Gasteiger partial charge in [-0.25, -0.2) is 4.39 Å². The molecule has 0 radical (unpaired) electrons. The second kappa shape index (κ2) is 9.06. The van der Waals surface area contributed by atoms with E-state index in [9.17, 15) is 4.39 Å². The fourth-order valence-electron chi connectivity index (χ4n) is 2.24. The topological polar surface area (TPSA) is 30.8 Å². The maximum Gasteiger partial charge on any atom is 0.142 e. The summed E-state index contributed by atoms with van der Waals surface area (Å²) in [5.41, 5.74) is 3.09. The molecule has 0 fully saturated rings. The van der Waals surface area contributed by atoms with E-state index in [0.717, 1.165) is 29.7 Å². The van der Waals surface area contributed by atoms with Gasteiger partial charge in [-0.3, -0.25) is 0 Å². The average Bonchev–Trinajstić information content (AvgIpc) is 2.57. The lowest BCUT2D eigenvalue weighted by atomic mass is 10.0. The molecule has 0 heterocycles. The zero-order chi connectivity index (χ0) is 16.5. The van der Waals surface area contributed by atoms with E-state index in [1.807, 2.05) is 36.4 Å². The van der Waals surface area contributed by atoms with Crippen molar-refractivity contribution in [3.8, 4) is 0 Å². The molecule has 2 aromatic rings. The Kier molecular flexibility index (Phi) is 6.76. The number of ether oxygens (including phenoxy) is 1. The molecule has 0 saturated carbocycles. The number of benzene rings is 2. The minimum atomic E-state index is -0.281. The molecular formula is C19H22FNO2. The summed E-state index contributed by atoms with van der Waals surface area (Å²) >= 11 is 0. The molecule has 2 rings (SSSR count). The van der Waals surface area contributed by atoms with Crippen molar-refractivity contribution in [1.82, 2.24) is 0 Å². The first-order valence-corrected chi connectivity index (χ1v) is 7.75. The second-order valence-electron chi connectivity index (χ2n) is 5.29. The molecule has 0 aliphatic carbocycles. The number of methoxy groups -OCH3 is 1. The average molecular weight is 315 g/mol. The summed E-state index contributed by atoms with van der Waals surface area (Å²) in [4.78, 5) is 5.45.